The van der Waals surface area contributed by atoms with Crippen LogP contribution in [0.3, 0.4) is 0 Å². The largest absolute Gasteiger partial charge is 0.342 e. The van der Waals surface area contributed by atoms with Crippen molar-refractivity contribution in [3.8, 4) is 0 Å². The molecule has 2 fully saturated rings. The number of carbonyl (C=O) groups is 3. The Balaban J connectivity index is 1.58. The third-order valence-corrected chi connectivity index (χ3v) is 6.49. The van der Waals surface area contributed by atoms with Crippen LogP contribution in [0.1, 0.15) is 56.3 Å². The average Bonchev–Trinajstić information content (AvgIpc) is 2.77. The van der Waals surface area contributed by atoms with Crippen LogP contribution in [0.4, 0.5) is 0 Å². The summed E-state index contributed by atoms with van der Waals surface area (Å²) in [6, 6.07) is 6.20. The lowest BCUT2D eigenvalue weighted by Gasteiger charge is -2.37. The van der Waals surface area contributed by atoms with Gasteiger partial charge in [0.05, 0.1) is 10.6 Å². The highest BCUT2D eigenvalue weighted by atomic mass is 35.5. The van der Waals surface area contributed by atoms with E-state index in [0.29, 0.717) is 36.5 Å². The fourth-order valence-corrected chi connectivity index (χ4v) is 4.52. The van der Waals surface area contributed by atoms with E-state index in [2.05, 4.69) is 5.32 Å². The van der Waals surface area contributed by atoms with Gasteiger partial charge in [-0.15, -0.1) is 0 Å². The molecule has 0 radical (unpaired) electrons. The Kier molecular flexibility index (Phi) is 7.75. The number of carbonyl (C=O) groups excluding carboxylic acids is 3. The number of hydrogen-bond acceptors (Lipinski definition) is 3. The Hall–Kier alpha value is -2.08. The SMILES string of the molecule is CC(C)C(NC(=O)c1ccccc1Cl)C(=O)N1CCC(C(=O)N2CCCCC2)CC1. The number of halogens is 1. The minimum atomic E-state index is -0.622. The molecular formula is C23H32ClN3O3. The van der Waals surface area contributed by atoms with Crippen molar-refractivity contribution in [2.75, 3.05) is 26.2 Å². The summed E-state index contributed by atoms with van der Waals surface area (Å²) < 4.78 is 0. The molecule has 0 aromatic heterocycles. The molecule has 0 saturated carbocycles. The van der Waals surface area contributed by atoms with Crippen molar-refractivity contribution in [2.45, 2.75) is 52.0 Å². The number of piperidine rings is 2. The summed E-state index contributed by atoms with van der Waals surface area (Å²) in [7, 11) is 0. The van der Waals surface area contributed by atoms with Crippen LogP contribution in [-0.2, 0) is 9.59 Å². The second kappa shape index (κ2) is 10.3. The molecule has 2 heterocycles. The van der Waals surface area contributed by atoms with E-state index < -0.39 is 6.04 Å². The van der Waals surface area contributed by atoms with Gasteiger partial charge in [0.15, 0.2) is 0 Å². The van der Waals surface area contributed by atoms with Crippen LogP contribution in [0.25, 0.3) is 0 Å². The molecule has 1 aromatic carbocycles. The van der Waals surface area contributed by atoms with E-state index in [4.69, 9.17) is 11.6 Å². The topological polar surface area (TPSA) is 69.7 Å². The van der Waals surface area contributed by atoms with Gasteiger partial charge in [-0.2, -0.15) is 0 Å². The van der Waals surface area contributed by atoms with Crippen LogP contribution in [0.2, 0.25) is 5.02 Å². The van der Waals surface area contributed by atoms with Gasteiger partial charge in [0.2, 0.25) is 11.8 Å². The van der Waals surface area contributed by atoms with Crippen LogP contribution in [0.5, 0.6) is 0 Å². The van der Waals surface area contributed by atoms with Gasteiger partial charge in [-0.05, 0) is 50.2 Å². The van der Waals surface area contributed by atoms with Gasteiger partial charge in [0.25, 0.3) is 5.91 Å². The van der Waals surface area contributed by atoms with Gasteiger partial charge >= 0.3 is 0 Å². The lowest BCUT2D eigenvalue weighted by atomic mass is 9.93. The van der Waals surface area contributed by atoms with E-state index in [1.165, 1.54) is 6.42 Å². The lowest BCUT2D eigenvalue weighted by Crippen LogP contribution is -2.54. The van der Waals surface area contributed by atoms with E-state index in [1.807, 2.05) is 18.7 Å². The first kappa shape index (κ1) is 22.6. The number of hydrogen-bond donors (Lipinski definition) is 1. The van der Waals surface area contributed by atoms with Crippen LogP contribution in [0.15, 0.2) is 24.3 Å². The van der Waals surface area contributed by atoms with Gasteiger partial charge in [-0.1, -0.05) is 37.6 Å². The maximum atomic E-state index is 13.2. The van der Waals surface area contributed by atoms with E-state index in [-0.39, 0.29) is 29.6 Å². The van der Waals surface area contributed by atoms with Gasteiger partial charge < -0.3 is 15.1 Å². The van der Waals surface area contributed by atoms with Crippen molar-refractivity contribution >= 4 is 29.3 Å². The Morgan fingerprint density at radius 3 is 2.20 bits per heavy atom. The molecule has 0 aliphatic carbocycles. The number of rotatable bonds is 5. The molecule has 1 unspecified atom stereocenters. The number of amides is 3. The predicted octanol–water partition coefficient (Wildman–Crippen LogP) is 3.35. The molecule has 30 heavy (non-hydrogen) atoms. The van der Waals surface area contributed by atoms with Crippen molar-refractivity contribution in [3.63, 3.8) is 0 Å². The summed E-state index contributed by atoms with van der Waals surface area (Å²) in [5.41, 5.74) is 0.364. The number of nitrogens with one attached hydrogen (secondary N) is 1. The van der Waals surface area contributed by atoms with E-state index in [9.17, 15) is 14.4 Å². The molecule has 0 bridgehead atoms. The number of likely N-dealkylation sites (tertiary alicyclic amines) is 2. The summed E-state index contributed by atoms with van der Waals surface area (Å²) in [4.78, 5) is 42.4. The highest BCUT2D eigenvalue weighted by Crippen LogP contribution is 2.23. The molecular weight excluding hydrogens is 402 g/mol. The molecule has 1 N–H and O–H groups in total. The first-order valence-electron chi connectivity index (χ1n) is 11.0. The molecule has 0 spiro atoms. The molecule has 2 saturated heterocycles. The number of nitrogens with zero attached hydrogens (tertiary/aromatic N) is 2. The highest BCUT2D eigenvalue weighted by Gasteiger charge is 2.34. The Bertz CT molecular complexity index is 769. The van der Waals surface area contributed by atoms with E-state index in [1.54, 1.807) is 29.2 Å². The number of benzene rings is 1. The van der Waals surface area contributed by atoms with Gasteiger partial charge in [0.1, 0.15) is 6.04 Å². The Morgan fingerprint density at radius 1 is 0.967 bits per heavy atom. The quantitative estimate of drug-likeness (QED) is 0.774. The second-order valence-corrected chi connectivity index (χ2v) is 9.07. The standard InChI is InChI=1S/C23H32ClN3O3/c1-16(2)20(25-21(28)18-8-4-5-9-19(18)24)23(30)27-14-10-17(11-15-27)22(29)26-12-6-3-7-13-26/h4-5,8-9,16-17,20H,3,6-7,10-15H2,1-2H3,(H,25,28). The summed E-state index contributed by atoms with van der Waals surface area (Å²) in [6.07, 6.45) is 4.75. The first-order valence-corrected chi connectivity index (χ1v) is 11.4. The van der Waals surface area contributed by atoms with Gasteiger partial charge in [0, 0.05) is 32.1 Å². The van der Waals surface area contributed by atoms with Crippen molar-refractivity contribution in [3.05, 3.63) is 34.9 Å². The molecule has 3 amide bonds. The zero-order valence-electron chi connectivity index (χ0n) is 17.9. The third kappa shape index (κ3) is 5.34. The zero-order chi connectivity index (χ0) is 21.7. The Labute approximate surface area is 183 Å². The molecule has 3 rings (SSSR count). The average molecular weight is 434 g/mol. The highest BCUT2D eigenvalue weighted by molar-refractivity contribution is 6.33. The maximum absolute atomic E-state index is 13.2. The first-order chi connectivity index (χ1) is 14.4. The van der Waals surface area contributed by atoms with Crippen molar-refractivity contribution < 1.29 is 14.4 Å². The predicted molar refractivity (Wildman–Crippen MR) is 117 cm³/mol. The molecule has 7 heteroatoms. The fraction of sp³-hybridized carbons (Fsp3) is 0.609. The van der Waals surface area contributed by atoms with Gasteiger partial charge in [-0.25, -0.2) is 0 Å². The van der Waals surface area contributed by atoms with Crippen molar-refractivity contribution in [2.24, 2.45) is 11.8 Å². The van der Waals surface area contributed by atoms with Crippen LogP contribution >= 0.6 is 11.6 Å². The normalized spacial score (nSPS) is 18.9. The molecule has 2 aliphatic rings. The van der Waals surface area contributed by atoms with Crippen LogP contribution in [0, 0.1) is 11.8 Å². The van der Waals surface area contributed by atoms with Crippen molar-refractivity contribution in [1.82, 2.24) is 15.1 Å². The molecule has 164 valence electrons. The maximum Gasteiger partial charge on any atom is 0.253 e. The zero-order valence-corrected chi connectivity index (χ0v) is 18.7. The molecule has 6 nitrogen and oxygen atoms in total. The molecule has 1 atom stereocenters. The summed E-state index contributed by atoms with van der Waals surface area (Å²) >= 11 is 6.13. The Morgan fingerprint density at radius 2 is 1.60 bits per heavy atom. The van der Waals surface area contributed by atoms with Crippen LogP contribution in [-0.4, -0.2) is 59.7 Å². The lowest BCUT2D eigenvalue weighted by molar-refractivity contribution is -0.142. The van der Waals surface area contributed by atoms with Crippen LogP contribution < -0.4 is 5.32 Å². The van der Waals surface area contributed by atoms with Crippen molar-refractivity contribution in [1.29, 1.82) is 0 Å². The minimum Gasteiger partial charge on any atom is -0.342 e. The van der Waals surface area contributed by atoms with E-state index >= 15 is 0 Å². The summed E-state index contributed by atoms with van der Waals surface area (Å²) in [5, 5.41) is 3.23. The monoisotopic (exact) mass is 433 g/mol. The molecule has 1 aromatic rings. The smallest absolute Gasteiger partial charge is 0.253 e. The summed E-state index contributed by atoms with van der Waals surface area (Å²) in [6.45, 7) is 6.66. The van der Waals surface area contributed by atoms with E-state index in [0.717, 1.165) is 25.9 Å². The van der Waals surface area contributed by atoms with Gasteiger partial charge in [-0.3, -0.25) is 14.4 Å². The second-order valence-electron chi connectivity index (χ2n) is 8.66. The summed E-state index contributed by atoms with van der Waals surface area (Å²) in [5.74, 6) is -0.245. The third-order valence-electron chi connectivity index (χ3n) is 6.16. The molecule has 2 aliphatic heterocycles. The minimum absolute atomic E-state index is 0.00219. The fourth-order valence-electron chi connectivity index (χ4n) is 4.29.